The largest absolute Gasteiger partial charge is 0.340 e. The molecule has 1 aliphatic carbocycles. The zero-order valence-corrected chi connectivity index (χ0v) is 15.6. The predicted molar refractivity (Wildman–Crippen MR) is 94.7 cm³/mol. The maximum absolute atomic E-state index is 12.6. The summed E-state index contributed by atoms with van der Waals surface area (Å²) in [5.41, 5.74) is 0. The first-order valence-corrected chi connectivity index (χ1v) is 11.2. The van der Waals surface area contributed by atoms with E-state index in [1.807, 2.05) is 16.8 Å². The summed E-state index contributed by atoms with van der Waals surface area (Å²) in [6.07, 6.45) is 7.02. The molecule has 0 N–H and O–H groups in total. The van der Waals surface area contributed by atoms with Crippen molar-refractivity contribution < 1.29 is 13.2 Å². The number of nitrogens with zero attached hydrogens (tertiary/aromatic N) is 3. The van der Waals surface area contributed by atoms with Crippen LogP contribution in [-0.4, -0.2) is 92.4 Å². The van der Waals surface area contributed by atoms with Gasteiger partial charge in [0.1, 0.15) is 0 Å². The molecule has 7 heteroatoms. The van der Waals surface area contributed by atoms with E-state index >= 15 is 0 Å². The van der Waals surface area contributed by atoms with E-state index in [2.05, 4.69) is 4.90 Å². The average Bonchev–Trinajstić information content (AvgIpc) is 3.11. The summed E-state index contributed by atoms with van der Waals surface area (Å²) < 4.78 is 23.2. The normalized spacial score (nSPS) is 29.2. The molecule has 0 aromatic carbocycles. The Labute approximate surface area is 146 Å². The van der Waals surface area contributed by atoms with Crippen LogP contribution in [0.25, 0.3) is 0 Å². The highest BCUT2D eigenvalue weighted by Gasteiger charge is 2.32. The lowest BCUT2D eigenvalue weighted by Crippen LogP contribution is -2.44. The Balaban J connectivity index is 1.48. The van der Waals surface area contributed by atoms with Crippen molar-refractivity contribution in [2.75, 3.05) is 51.3 Å². The number of likely N-dealkylation sites (N-methyl/N-ethyl adjacent to an activating group) is 1. The molecule has 3 fully saturated rings. The van der Waals surface area contributed by atoms with Gasteiger partial charge in [0.25, 0.3) is 0 Å². The number of carbonyl (C=O) groups excluding carboxylic acids is 1. The van der Waals surface area contributed by atoms with E-state index in [0.29, 0.717) is 13.0 Å². The number of carbonyl (C=O) groups is 1. The van der Waals surface area contributed by atoms with Gasteiger partial charge in [-0.25, -0.2) is 8.42 Å². The highest BCUT2D eigenvalue weighted by molar-refractivity contribution is 7.91. The van der Waals surface area contributed by atoms with Crippen molar-refractivity contribution in [2.24, 2.45) is 0 Å². The fraction of sp³-hybridized carbons (Fsp3) is 0.941. The van der Waals surface area contributed by atoms with E-state index in [0.717, 1.165) is 38.6 Å². The summed E-state index contributed by atoms with van der Waals surface area (Å²) in [5.74, 6) is 0.609. The number of sulfone groups is 1. The van der Waals surface area contributed by atoms with Gasteiger partial charge in [0, 0.05) is 38.3 Å². The van der Waals surface area contributed by atoms with Gasteiger partial charge in [-0.2, -0.15) is 0 Å². The van der Waals surface area contributed by atoms with Crippen molar-refractivity contribution in [1.82, 2.24) is 14.7 Å². The van der Waals surface area contributed by atoms with Gasteiger partial charge in [-0.15, -0.1) is 0 Å². The van der Waals surface area contributed by atoms with Gasteiger partial charge in [0.2, 0.25) is 5.91 Å². The van der Waals surface area contributed by atoms with Crippen LogP contribution >= 0.6 is 0 Å². The van der Waals surface area contributed by atoms with Crippen molar-refractivity contribution >= 4 is 15.7 Å². The lowest BCUT2D eigenvalue weighted by molar-refractivity contribution is -0.132. The molecule has 3 aliphatic rings. The average molecular weight is 358 g/mol. The number of amides is 1. The SMILES string of the molecule is CN(CC(=O)N1CCCN(C2CCCC2)CC1)[C@H]1CCS(=O)(=O)C1. The third-order valence-corrected chi connectivity index (χ3v) is 7.69. The van der Waals surface area contributed by atoms with E-state index < -0.39 is 9.84 Å². The van der Waals surface area contributed by atoms with Crippen LogP contribution < -0.4 is 0 Å². The maximum Gasteiger partial charge on any atom is 0.236 e. The van der Waals surface area contributed by atoms with E-state index in [1.54, 1.807) is 0 Å². The molecule has 0 aromatic rings. The predicted octanol–water partition coefficient (Wildman–Crippen LogP) is 0.582. The molecule has 0 radical (unpaired) electrons. The second kappa shape index (κ2) is 7.70. The quantitative estimate of drug-likeness (QED) is 0.737. The molecular formula is C17H31N3O3S. The Bertz CT molecular complexity index is 545. The van der Waals surface area contributed by atoms with Crippen molar-refractivity contribution in [3.63, 3.8) is 0 Å². The van der Waals surface area contributed by atoms with Gasteiger partial charge in [0.15, 0.2) is 9.84 Å². The van der Waals surface area contributed by atoms with Gasteiger partial charge < -0.3 is 4.90 Å². The van der Waals surface area contributed by atoms with E-state index in [1.165, 1.54) is 25.7 Å². The van der Waals surface area contributed by atoms with Gasteiger partial charge >= 0.3 is 0 Å². The van der Waals surface area contributed by atoms with Crippen LogP contribution in [0.4, 0.5) is 0 Å². The van der Waals surface area contributed by atoms with Crippen LogP contribution in [0.15, 0.2) is 0 Å². The van der Waals surface area contributed by atoms with Crippen LogP contribution in [0.1, 0.15) is 38.5 Å². The van der Waals surface area contributed by atoms with Gasteiger partial charge in [-0.1, -0.05) is 12.8 Å². The molecule has 0 aromatic heterocycles. The van der Waals surface area contributed by atoms with Crippen molar-refractivity contribution in [1.29, 1.82) is 0 Å². The number of hydrogen-bond donors (Lipinski definition) is 0. The number of hydrogen-bond acceptors (Lipinski definition) is 5. The Hall–Kier alpha value is -0.660. The van der Waals surface area contributed by atoms with Gasteiger partial charge in [0.05, 0.1) is 18.1 Å². The Morgan fingerprint density at radius 1 is 1.04 bits per heavy atom. The summed E-state index contributed by atoms with van der Waals surface area (Å²) in [7, 11) is -1.02. The van der Waals surface area contributed by atoms with Gasteiger partial charge in [-0.3, -0.25) is 14.6 Å². The van der Waals surface area contributed by atoms with Crippen molar-refractivity contribution in [2.45, 2.75) is 50.6 Å². The Morgan fingerprint density at radius 3 is 2.46 bits per heavy atom. The first-order chi connectivity index (χ1) is 11.4. The molecule has 1 saturated carbocycles. The van der Waals surface area contributed by atoms with Crippen LogP contribution in [0, 0.1) is 0 Å². The third-order valence-electron chi connectivity index (χ3n) is 5.94. The maximum atomic E-state index is 12.6. The second-order valence-corrected chi connectivity index (χ2v) is 9.91. The molecule has 1 amide bonds. The summed E-state index contributed by atoms with van der Waals surface area (Å²) in [6.45, 7) is 4.07. The molecule has 6 nitrogen and oxygen atoms in total. The van der Waals surface area contributed by atoms with E-state index in [4.69, 9.17) is 0 Å². The zero-order valence-electron chi connectivity index (χ0n) is 14.8. The fourth-order valence-electron chi connectivity index (χ4n) is 4.39. The first kappa shape index (κ1) is 18.1. The monoisotopic (exact) mass is 357 g/mol. The molecule has 0 unspecified atom stereocenters. The first-order valence-electron chi connectivity index (χ1n) is 9.37. The lowest BCUT2D eigenvalue weighted by atomic mass is 10.2. The molecular weight excluding hydrogens is 326 g/mol. The van der Waals surface area contributed by atoms with Crippen LogP contribution in [0.3, 0.4) is 0 Å². The standard InChI is InChI=1S/C17H31N3O3S/c1-18(16-7-12-24(22,23)14-16)13-17(21)20-9-4-8-19(10-11-20)15-5-2-3-6-15/h15-16H,2-14H2,1H3/t16-/m0/s1. The third kappa shape index (κ3) is 4.49. The van der Waals surface area contributed by atoms with Crippen molar-refractivity contribution in [3.05, 3.63) is 0 Å². The Morgan fingerprint density at radius 2 is 1.79 bits per heavy atom. The highest BCUT2D eigenvalue weighted by atomic mass is 32.2. The lowest BCUT2D eigenvalue weighted by Gasteiger charge is -2.28. The van der Waals surface area contributed by atoms with Crippen LogP contribution in [0.2, 0.25) is 0 Å². The van der Waals surface area contributed by atoms with Crippen LogP contribution in [-0.2, 0) is 14.6 Å². The molecule has 2 saturated heterocycles. The molecule has 0 bridgehead atoms. The topological polar surface area (TPSA) is 60.9 Å². The van der Waals surface area contributed by atoms with Gasteiger partial charge in [-0.05, 0) is 32.7 Å². The Kier molecular flexibility index (Phi) is 5.82. The summed E-state index contributed by atoms with van der Waals surface area (Å²) in [5, 5.41) is 0. The molecule has 2 heterocycles. The van der Waals surface area contributed by atoms with Crippen LogP contribution in [0.5, 0.6) is 0 Å². The molecule has 24 heavy (non-hydrogen) atoms. The smallest absolute Gasteiger partial charge is 0.236 e. The molecule has 0 spiro atoms. The minimum absolute atomic E-state index is 0.000848. The summed E-state index contributed by atoms with van der Waals surface area (Å²) in [4.78, 5) is 19.1. The molecule has 2 aliphatic heterocycles. The second-order valence-electron chi connectivity index (χ2n) is 7.68. The molecule has 1 atom stereocenters. The van der Waals surface area contributed by atoms with Crippen molar-refractivity contribution in [3.8, 4) is 0 Å². The van der Waals surface area contributed by atoms with E-state index in [-0.39, 0.29) is 23.5 Å². The zero-order chi connectivity index (χ0) is 17.2. The molecule has 3 rings (SSSR count). The highest BCUT2D eigenvalue weighted by Crippen LogP contribution is 2.24. The molecule has 138 valence electrons. The summed E-state index contributed by atoms with van der Waals surface area (Å²) >= 11 is 0. The minimum Gasteiger partial charge on any atom is -0.340 e. The fourth-order valence-corrected chi connectivity index (χ4v) is 6.19. The minimum atomic E-state index is -2.90. The number of rotatable bonds is 4. The summed E-state index contributed by atoms with van der Waals surface area (Å²) in [6, 6.07) is 0.729. The van der Waals surface area contributed by atoms with E-state index in [9.17, 15) is 13.2 Å².